The van der Waals surface area contributed by atoms with Gasteiger partial charge in [-0.15, -0.1) is 10.2 Å². The molecule has 0 aliphatic heterocycles. The van der Waals surface area contributed by atoms with Gasteiger partial charge in [0.15, 0.2) is 0 Å². The van der Waals surface area contributed by atoms with E-state index in [0.717, 1.165) is 18.0 Å². The predicted molar refractivity (Wildman–Crippen MR) is 137 cm³/mol. The van der Waals surface area contributed by atoms with E-state index in [0.29, 0.717) is 25.1 Å². The number of halogens is 3. The molecule has 4 aromatic rings. The van der Waals surface area contributed by atoms with Gasteiger partial charge in [0.05, 0.1) is 23.5 Å². The summed E-state index contributed by atoms with van der Waals surface area (Å²) >= 11 is 0. The number of carbonyl (C=O) groups is 1. The van der Waals surface area contributed by atoms with E-state index >= 15 is 0 Å². The maximum Gasteiger partial charge on any atom is 0.417 e. The molecule has 4 rings (SSSR count). The summed E-state index contributed by atoms with van der Waals surface area (Å²) in [5.74, 6) is -0.0602. The molecule has 3 N–H and O–H groups in total. The maximum atomic E-state index is 13.8. The van der Waals surface area contributed by atoms with Crippen molar-refractivity contribution < 1.29 is 27.8 Å². The number of nitrogens with one attached hydrogen (secondary N) is 2. The van der Waals surface area contributed by atoms with Gasteiger partial charge >= 0.3 is 6.18 Å². The van der Waals surface area contributed by atoms with Crippen LogP contribution in [0.4, 0.5) is 19.0 Å². The second-order valence-corrected chi connectivity index (χ2v) is 9.49. The first-order valence-electron chi connectivity index (χ1n) is 12.1. The second-order valence-electron chi connectivity index (χ2n) is 9.49. The normalized spacial score (nSPS) is 11.8. The van der Waals surface area contributed by atoms with E-state index in [2.05, 4.69) is 30.5 Å². The van der Waals surface area contributed by atoms with Gasteiger partial charge in [-0.1, -0.05) is 30.3 Å². The van der Waals surface area contributed by atoms with Crippen LogP contribution in [0.2, 0.25) is 0 Å². The van der Waals surface area contributed by atoms with E-state index in [9.17, 15) is 23.1 Å². The molecular formula is C27H27F3N6O3. The molecule has 0 aliphatic carbocycles. The number of alkyl halides is 3. The molecule has 0 saturated heterocycles. The van der Waals surface area contributed by atoms with Gasteiger partial charge in [-0.05, 0) is 50.5 Å². The first-order valence-corrected chi connectivity index (χ1v) is 12.1. The Morgan fingerprint density at radius 3 is 2.54 bits per heavy atom. The fraction of sp³-hybridized carbons (Fsp3) is 0.296. The number of aliphatic hydroxyl groups is 1. The number of rotatable bonds is 10. The Bertz CT molecular complexity index is 1420. The van der Waals surface area contributed by atoms with Crippen molar-refractivity contribution in [2.45, 2.75) is 44.9 Å². The average Bonchev–Trinajstić information content (AvgIpc) is 3.35. The molecule has 0 unspecified atom stereocenters. The quantitative estimate of drug-likeness (QED) is 0.240. The Balaban J connectivity index is 1.51. The number of amides is 1. The Kier molecular flexibility index (Phi) is 8.24. The van der Waals surface area contributed by atoms with E-state index in [-0.39, 0.29) is 35.3 Å². The first kappa shape index (κ1) is 27.7. The summed E-state index contributed by atoms with van der Waals surface area (Å²) in [6, 6.07) is 14.1. The summed E-state index contributed by atoms with van der Waals surface area (Å²) in [7, 11) is 0. The molecule has 2 aromatic heterocycles. The van der Waals surface area contributed by atoms with Crippen LogP contribution in [0.25, 0.3) is 11.3 Å². The van der Waals surface area contributed by atoms with Crippen LogP contribution in [0.1, 0.15) is 54.3 Å². The molecule has 0 spiro atoms. The molecule has 0 aliphatic rings. The first-order chi connectivity index (χ1) is 18.5. The number of ether oxygens (including phenoxy) is 1. The van der Waals surface area contributed by atoms with Crippen molar-refractivity contribution in [1.82, 2.24) is 25.1 Å². The highest BCUT2D eigenvalue weighted by Gasteiger charge is 2.34. The minimum Gasteiger partial charge on any atom is -0.494 e. The molecule has 0 saturated carbocycles. The number of hydrogen-bond acceptors (Lipinski definition) is 7. The molecule has 9 nitrogen and oxygen atoms in total. The van der Waals surface area contributed by atoms with Crippen molar-refractivity contribution in [2.75, 3.05) is 11.9 Å². The highest BCUT2D eigenvalue weighted by atomic mass is 19.4. The summed E-state index contributed by atoms with van der Waals surface area (Å²) in [5, 5.41) is 20.2. The highest BCUT2D eigenvalue weighted by molar-refractivity contribution is 6.01. The monoisotopic (exact) mass is 540 g/mol. The molecule has 0 atom stereocenters. The molecule has 0 radical (unpaired) electrons. The van der Waals surface area contributed by atoms with Crippen molar-refractivity contribution in [3.05, 3.63) is 83.7 Å². The Morgan fingerprint density at radius 1 is 1.05 bits per heavy atom. The van der Waals surface area contributed by atoms with Crippen LogP contribution in [-0.4, -0.2) is 48.4 Å². The third kappa shape index (κ3) is 7.84. The zero-order valence-corrected chi connectivity index (χ0v) is 21.3. The lowest BCUT2D eigenvalue weighted by molar-refractivity contribution is -0.137. The fourth-order valence-electron chi connectivity index (χ4n) is 3.78. The van der Waals surface area contributed by atoms with Crippen molar-refractivity contribution in [3.8, 4) is 17.0 Å². The third-order valence-electron chi connectivity index (χ3n) is 5.65. The van der Waals surface area contributed by atoms with Crippen LogP contribution >= 0.6 is 0 Å². The van der Waals surface area contributed by atoms with Crippen LogP contribution in [0.3, 0.4) is 0 Å². The zero-order chi connectivity index (χ0) is 28.0. The van der Waals surface area contributed by atoms with Crippen molar-refractivity contribution in [3.63, 3.8) is 0 Å². The molecule has 0 fully saturated rings. The lowest BCUT2D eigenvalue weighted by Gasteiger charge is -2.17. The van der Waals surface area contributed by atoms with E-state index in [1.54, 1.807) is 13.8 Å². The molecule has 12 heteroatoms. The minimum atomic E-state index is -4.65. The van der Waals surface area contributed by atoms with Gasteiger partial charge in [-0.25, -0.2) is 9.97 Å². The summed E-state index contributed by atoms with van der Waals surface area (Å²) < 4.78 is 47.0. The summed E-state index contributed by atoms with van der Waals surface area (Å²) in [6.45, 7) is 3.55. The van der Waals surface area contributed by atoms with E-state index in [1.807, 2.05) is 30.3 Å². The highest BCUT2D eigenvalue weighted by Crippen LogP contribution is 2.38. The van der Waals surface area contributed by atoms with E-state index in [4.69, 9.17) is 4.74 Å². The third-order valence-corrected chi connectivity index (χ3v) is 5.65. The SMILES string of the molecule is CC(C)(O)CCCOc1ccc(C(F)(F)F)c(-c2cc(NC(=O)c3nnc(Cc4ccccc4)[nH]3)ncn2)c1. The maximum absolute atomic E-state index is 13.8. The summed E-state index contributed by atoms with van der Waals surface area (Å²) in [5.41, 5.74) is -1.10. The van der Waals surface area contributed by atoms with Gasteiger partial charge in [-0.3, -0.25) is 4.79 Å². The van der Waals surface area contributed by atoms with Gasteiger partial charge in [0.25, 0.3) is 5.91 Å². The number of H-pyrrole nitrogens is 1. The molecule has 204 valence electrons. The standard InChI is InChI=1S/C27H27F3N6O3/c1-26(2,38)11-6-12-39-18-9-10-20(27(28,29)30)19(14-18)21-15-22(32-16-31-21)34-25(37)24-33-23(35-36-24)13-17-7-4-3-5-8-17/h3-5,7-10,14-16,38H,6,11-13H2,1-2H3,(H,33,35,36)(H,31,32,34,37). The van der Waals surface area contributed by atoms with Crippen LogP contribution in [0, 0.1) is 0 Å². The number of aromatic amines is 1. The zero-order valence-electron chi connectivity index (χ0n) is 21.3. The van der Waals surface area contributed by atoms with Gasteiger partial charge < -0.3 is 20.1 Å². The molecule has 0 bridgehead atoms. The number of nitrogens with zero attached hydrogens (tertiary/aromatic N) is 4. The largest absolute Gasteiger partial charge is 0.494 e. The second kappa shape index (κ2) is 11.6. The van der Waals surface area contributed by atoms with Crippen LogP contribution in [-0.2, 0) is 12.6 Å². The number of hydrogen-bond donors (Lipinski definition) is 3. The van der Waals surface area contributed by atoms with E-state index in [1.165, 1.54) is 18.2 Å². The fourth-order valence-corrected chi connectivity index (χ4v) is 3.78. The van der Waals surface area contributed by atoms with Crippen LogP contribution in [0.15, 0.2) is 60.9 Å². The lowest BCUT2D eigenvalue weighted by Crippen LogP contribution is -2.19. The molecule has 1 amide bonds. The number of benzene rings is 2. The molecule has 2 heterocycles. The van der Waals surface area contributed by atoms with Gasteiger partial charge in [0.2, 0.25) is 5.82 Å². The Morgan fingerprint density at radius 2 is 1.82 bits per heavy atom. The lowest BCUT2D eigenvalue weighted by atomic mass is 10.0. The topological polar surface area (TPSA) is 126 Å². The summed E-state index contributed by atoms with van der Waals surface area (Å²) in [6.07, 6.45) is -2.18. The van der Waals surface area contributed by atoms with Gasteiger partial charge in [-0.2, -0.15) is 13.2 Å². The molecule has 39 heavy (non-hydrogen) atoms. The number of aromatic nitrogens is 5. The molecule has 2 aromatic carbocycles. The van der Waals surface area contributed by atoms with E-state index < -0.39 is 23.2 Å². The van der Waals surface area contributed by atoms with Crippen molar-refractivity contribution >= 4 is 11.7 Å². The summed E-state index contributed by atoms with van der Waals surface area (Å²) in [4.78, 5) is 23.5. The van der Waals surface area contributed by atoms with Crippen LogP contribution < -0.4 is 10.1 Å². The van der Waals surface area contributed by atoms with Gasteiger partial charge in [0.1, 0.15) is 23.7 Å². The predicted octanol–water partition coefficient (Wildman–Crippen LogP) is 5.05. The van der Waals surface area contributed by atoms with Crippen molar-refractivity contribution in [2.24, 2.45) is 0 Å². The average molecular weight is 541 g/mol. The molecular weight excluding hydrogens is 513 g/mol. The Labute approximate surface area is 222 Å². The van der Waals surface area contributed by atoms with Gasteiger partial charge in [0, 0.05) is 18.1 Å². The number of carbonyl (C=O) groups excluding carboxylic acids is 1. The smallest absolute Gasteiger partial charge is 0.417 e. The van der Waals surface area contributed by atoms with Crippen LogP contribution in [0.5, 0.6) is 5.75 Å². The minimum absolute atomic E-state index is 0.0179. The van der Waals surface area contributed by atoms with Crippen molar-refractivity contribution in [1.29, 1.82) is 0 Å². The number of anilines is 1. The Hall–Kier alpha value is -4.32.